The number of primary amides is 1. The molecular formula is C14H19BrN2O. The SMILES string of the molecule is CC(C)(NC1CCc2cc(Br)ccc2C1)C(N)=O. The molecule has 0 saturated carbocycles. The van der Waals surface area contributed by atoms with Crippen molar-refractivity contribution in [1.29, 1.82) is 0 Å². The van der Waals surface area contributed by atoms with Crippen LogP contribution in [-0.2, 0) is 17.6 Å². The maximum Gasteiger partial charge on any atom is 0.237 e. The van der Waals surface area contributed by atoms with E-state index in [1.54, 1.807) is 0 Å². The van der Waals surface area contributed by atoms with Crippen molar-refractivity contribution in [3.05, 3.63) is 33.8 Å². The van der Waals surface area contributed by atoms with Crippen LogP contribution >= 0.6 is 15.9 Å². The first-order chi connectivity index (χ1) is 8.38. The normalized spacial score (nSPS) is 19.4. The Hall–Kier alpha value is -0.870. The summed E-state index contributed by atoms with van der Waals surface area (Å²) in [6.45, 7) is 3.68. The Balaban J connectivity index is 2.09. The molecular weight excluding hydrogens is 292 g/mol. The molecule has 1 unspecified atom stereocenters. The Morgan fingerprint density at radius 2 is 2.17 bits per heavy atom. The predicted octanol–water partition coefficient (Wildman–Crippen LogP) is 2.16. The Kier molecular flexibility index (Phi) is 3.78. The highest BCUT2D eigenvalue weighted by Crippen LogP contribution is 2.25. The van der Waals surface area contributed by atoms with Crippen molar-refractivity contribution in [3.63, 3.8) is 0 Å². The molecule has 0 spiro atoms. The molecule has 1 aromatic rings. The zero-order valence-electron chi connectivity index (χ0n) is 10.8. The number of rotatable bonds is 3. The minimum Gasteiger partial charge on any atom is -0.368 e. The number of aryl methyl sites for hydroxylation is 1. The highest BCUT2D eigenvalue weighted by atomic mass is 79.9. The number of carbonyl (C=O) groups is 1. The molecule has 3 nitrogen and oxygen atoms in total. The lowest BCUT2D eigenvalue weighted by atomic mass is 9.87. The third-order valence-electron chi connectivity index (χ3n) is 3.58. The first-order valence-electron chi connectivity index (χ1n) is 6.23. The molecule has 1 atom stereocenters. The first-order valence-corrected chi connectivity index (χ1v) is 7.03. The van der Waals surface area contributed by atoms with Crippen LogP contribution in [0.5, 0.6) is 0 Å². The van der Waals surface area contributed by atoms with Crippen molar-refractivity contribution in [2.24, 2.45) is 5.73 Å². The summed E-state index contributed by atoms with van der Waals surface area (Å²) in [4.78, 5) is 11.3. The number of benzene rings is 1. The minimum atomic E-state index is -0.641. The lowest BCUT2D eigenvalue weighted by Crippen LogP contribution is -2.55. The maximum absolute atomic E-state index is 11.3. The maximum atomic E-state index is 11.3. The van der Waals surface area contributed by atoms with Crippen LogP contribution in [0.1, 0.15) is 31.4 Å². The van der Waals surface area contributed by atoms with E-state index in [1.807, 2.05) is 13.8 Å². The fraction of sp³-hybridized carbons (Fsp3) is 0.500. The monoisotopic (exact) mass is 310 g/mol. The molecule has 3 N–H and O–H groups in total. The van der Waals surface area contributed by atoms with Gasteiger partial charge in [0.2, 0.25) is 5.91 Å². The molecule has 0 radical (unpaired) electrons. The fourth-order valence-electron chi connectivity index (χ4n) is 2.43. The van der Waals surface area contributed by atoms with E-state index in [1.165, 1.54) is 11.1 Å². The van der Waals surface area contributed by atoms with Gasteiger partial charge < -0.3 is 11.1 Å². The largest absolute Gasteiger partial charge is 0.368 e. The average Bonchev–Trinajstić information content (AvgIpc) is 2.28. The van der Waals surface area contributed by atoms with Gasteiger partial charge in [-0.25, -0.2) is 0 Å². The average molecular weight is 311 g/mol. The molecule has 1 aliphatic rings. The van der Waals surface area contributed by atoms with Crippen LogP contribution in [0.25, 0.3) is 0 Å². The summed E-state index contributed by atoms with van der Waals surface area (Å²) in [5.41, 5.74) is 7.52. The molecule has 18 heavy (non-hydrogen) atoms. The Morgan fingerprint density at radius 3 is 2.83 bits per heavy atom. The molecule has 0 bridgehead atoms. The standard InChI is InChI=1S/C14H19BrN2O/c1-14(2,13(16)18)17-12-6-4-9-7-11(15)5-3-10(9)8-12/h3,5,7,12,17H,4,6,8H2,1-2H3,(H2,16,18). The first kappa shape index (κ1) is 13.6. The number of carbonyl (C=O) groups excluding carboxylic acids is 1. The van der Waals surface area contributed by atoms with Crippen LogP contribution in [0, 0.1) is 0 Å². The van der Waals surface area contributed by atoms with Crippen molar-refractivity contribution in [2.45, 2.75) is 44.7 Å². The number of fused-ring (bicyclic) bond motifs is 1. The quantitative estimate of drug-likeness (QED) is 0.899. The van der Waals surface area contributed by atoms with E-state index >= 15 is 0 Å². The number of hydrogen-bond donors (Lipinski definition) is 2. The second-order valence-corrected chi connectivity index (χ2v) is 6.40. The molecule has 1 aliphatic carbocycles. The van der Waals surface area contributed by atoms with Gasteiger partial charge in [0.15, 0.2) is 0 Å². The number of amides is 1. The smallest absolute Gasteiger partial charge is 0.237 e. The highest BCUT2D eigenvalue weighted by Gasteiger charge is 2.29. The van der Waals surface area contributed by atoms with E-state index < -0.39 is 5.54 Å². The van der Waals surface area contributed by atoms with Crippen molar-refractivity contribution in [3.8, 4) is 0 Å². The molecule has 0 aromatic heterocycles. The molecule has 0 aliphatic heterocycles. The summed E-state index contributed by atoms with van der Waals surface area (Å²) < 4.78 is 1.13. The second kappa shape index (κ2) is 5.02. The highest BCUT2D eigenvalue weighted by molar-refractivity contribution is 9.10. The Bertz CT molecular complexity index is 471. The van der Waals surface area contributed by atoms with Crippen molar-refractivity contribution in [1.82, 2.24) is 5.32 Å². The van der Waals surface area contributed by atoms with Crippen LogP contribution in [0.15, 0.2) is 22.7 Å². The topological polar surface area (TPSA) is 55.1 Å². The van der Waals surface area contributed by atoms with Gasteiger partial charge in [0.25, 0.3) is 0 Å². The third-order valence-corrected chi connectivity index (χ3v) is 4.07. The van der Waals surface area contributed by atoms with Gasteiger partial charge in [-0.3, -0.25) is 4.79 Å². The third kappa shape index (κ3) is 2.93. The zero-order valence-corrected chi connectivity index (χ0v) is 12.4. The van der Waals surface area contributed by atoms with Gasteiger partial charge in [-0.05, 0) is 56.4 Å². The summed E-state index contributed by atoms with van der Waals surface area (Å²) in [6, 6.07) is 6.73. The molecule has 2 rings (SSSR count). The summed E-state index contributed by atoms with van der Waals surface area (Å²) in [7, 11) is 0. The van der Waals surface area contributed by atoms with Crippen LogP contribution in [0.3, 0.4) is 0 Å². The molecule has 98 valence electrons. The zero-order chi connectivity index (χ0) is 13.3. The van der Waals surface area contributed by atoms with Gasteiger partial charge in [-0.15, -0.1) is 0 Å². The lowest BCUT2D eigenvalue weighted by molar-refractivity contribution is -0.123. The van der Waals surface area contributed by atoms with Gasteiger partial charge in [-0.2, -0.15) is 0 Å². The van der Waals surface area contributed by atoms with E-state index in [0.717, 1.165) is 23.7 Å². The van der Waals surface area contributed by atoms with E-state index in [-0.39, 0.29) is 5.91 Å². The molecule has 0 heterocycles. The lowest BCUT2D eigenvalue weighted by Gasteiger charge is -2.32. The van der Waals surface area contributed by atoms with Crippen LogP contribution in [0.4, 0.5) is 0 Å². The van der Waals surface area contributed by atoms with Gasteiger partial charge >= 0.3 is 0 Å². The van der Waals surface area contributed by atoms with Gasteiger partial charge in [0.05, 0.1) is 5.54 Å². The van der Waals surface area contributed by atoms with Crippen LogP contribution in [-0.4, -0.2) is 17.5 Å². The van der Waals surface area contributed by atoms with E-state index in [9.17, 15) is 4.79 Å². The van der Waals surface area contributed by atoms with Crippen LogP contribution in [0.2, 0.25) is 0 Å². The van der Waals surface area contributed by atoms with E-state index in [4.69, 9.17) is 5.73 Å². The minimum absolute atomic E-state index is 0.302. The summed E-state index contributed by atoms with van der Waals surface area (Å²) in [5, 5.41) is 3.36. The van der Waals surface area contributed by atoms with Gasteiger partial charge in [0.1, 0.15) is 0 Å². The van der Waals surface area contributed by atoms with Gasteiger partial charge in [0, 0.05) is 10.5 Å². The molecule has 1 amide bonds. The van der Waals surface area contributed by atoms with Crippen molar-refractivity contribution in [2.75, 3.05) is 0 Å². The second-order valence-electron chi connectivity index (χ2n) is 5.49. The summed E-state index contributed by atoms with van der Waals surface area (Å²) in [6.07, 6.45) is 3.04. The van der Waals surface area contributed by atoms with E-state index in [0.29, 0.717) is 6.04 Å². The van der Waals surface area contributed by atoms with Gasteiger partial charge in [-0.1, -0.05) is 22.0 Å². The molecule has 0 saturated heterocycles. The summed E-state index contributed by atoms with van der Waals surface area (Å²) >= 11 is 3.50. The van der Waals surface area contributed by atoms with E-state index in [2.05, 4.69) is 39.4 Å². The Labute approximate surface area is 116 Å². The molecule has 1 aromatic carbocycles. The predicted molar refractivity (Wildman–Crippen MR) is 76.4 cm³/mol. The number of hydrogen-bond acceptors (Lipinski definition) is 2. The fourth-order valence-corrected chi connectivity index (χ4v) is 2.84. The van der Waals surface area contributed by atoms with Crippen molar-refractivity contribution >= 4 is 21.8 Å². The van der Waals surface area contributed by atoms with Crippen molar-refractivity contribution < 1.29 is 4.79 Å². The Morgan fingerprint density at radius 1 is 1.44 bits per heavy atom. The van der Waals surface area contributed by atoms with Crippen LogP contribution < -0.4 is 11.1 Å². The summed E-state index contributed by atoms with van der Waals surface area (Å²) in [5.74, 6) is -0.302. The number of nitrogens with one attached hydrogen (secondary N) is 1. The number of nitrogens with two attached hydrogens (primary N) is 1. The molecule has 4 heteroatoms. The molecule has 0 fully saturated rings. The number of halogens is 1.